The molecule has 2 N–H and O–H groups in total. The molecule has 0 bridgehead atoms. The first-order valence-corrected chi connectivity index (χ1v) is 29.1. The molecule has 0 aromatic carbocycles. The number of ether oxygens (including phenoxy) is 5. The molecule has 1 unspecified atom stereocenters. The topological polar surface area (TPSA) is 75.4 Å². The normalized spacial score (nSPS) is 29.9. The fraction of sp³-hybridized carbons (Fsp3) is 0.900. The molecular formula is C60H108N2O5. The Hall–Kier alpha value is -1.06. The molecule has 1 saturated heterocycles. The van der Waals surface area contributed by atoms with Crippen molar-refractivity contribution < 1.29 is 23.7 Å². The maximum absolute atomic E-state index is 7.73. The van der Waals surface area contributed by atoms with E-state index < -0.39 is 0 Å². The van der Waals surface area contributed by atoms with Gasteiger partial charge in [-0.05, 0) is 143 Å². The van der Waals surface area contributed by atoms with Crippen LogP contribution in [0.15, 0.2) is 36.0 Å². The van der Waals surface area contributed by atoms with Crippen molar-refractivity contribution in [2.75, 3.05) is 72.5 Å². The van der Waals surface area contributed by atoms with Gasteiger partial charge in [-0.15, -0.1) is 0 Å². The van der Waals surface area contributed by atoms with Crippen LogP contribution < -0.4 is 5.73 Å². The number of allylic oxidation sites excluding steroid dienone is 5. The molecular weight excluding hydrogens is 829 g/mol. The Kier molecular flexibility index (Phi) is 26.6. The van der Waals surface area contributed by atoms with Gasteiger partial charge in [0, 0.05) is 58.2 Å². The largest absolute Gasteiger partial charge is 0.381 e. The number of nitrogens with two attached hydrogens (primary N) is 1. The van der Waals surface area contributed by atoms with Crippen molar-refractivity contribution in [2.24, 2.45) is 46.2 Å². The zero-order valence-electron chi connectivity index (χ0n) is 44.9. The summed E-state index contributed by atoms with van der Waals surface area (Å²) in [4.78, 5) is 2.47. The van der Waals surface area contributed by atoms with Gasteiger partial charge in [-0.25, -0.2) is 0 Å². The van der Waals surface area contributed by atoms with Crippen LogP contribution >= 0.6 is 0 Å². The summed E-state index contributed by atoms with van der Waals surface area (Å²) >= 11 is 0. The van der Waals surface area contributed by atoms with Crippen LogP contribution in [-0.4, -0.2) is 95.1 Å². The van der Waals surface area contributed by atoms with Crippen LogP contribution in [-0.2, 0) is 23.7 Å². The number of hydrogen-bond donors (Lipinski definition) is 1. The van der Waals surface area contributed by atoms with E-state index in [1.165, 1.54) is 141 Å². The minimum absolute atomic E-state index is 0.0149. The first-order valence-electron chi connectivity index (χ1n) is 29.1. The van der Waals surface area contributed by atoms with Gasteiger partial charge in [0.1, 0.15) is 0 Å². The minimum Gasteiger partial charge on any atom is -0.381 e. The molecule has 67 heavy (non-hydrogen) atoms. The van der Waals surface area contributed by atoms with Gasteiger partial charge in [-0.1, -0.05) is 148 Å². The van der Waals surface area contributed by atoms with Crippen LogP contribution in [0.25, 0.3) is 0 Å². The van der Waals surface area contributed by atoms with Gasteiger partial charge in [0.2, 0.25) is 0 Å². The van der Waals surface area contributed by atoms with Gasteiger partial charge >= 0.3 is 0 Å². The third-order valence-corrected chi connectivity index (χ3v) is 18.0. The first kappa shape index (κ1) is 56.8. The summed E-state index contributed by atoms with van der Waals surface area (Å²) in [5, 5.41) is 0. The first-order chi connectivity index (χ1) is 32.6. The Morgan fingerprint density at radius 1 is 0.716 bits per heavy atom. The fourth-order valence-corrected chi connectivity index (χ4v) is 13.7. The lowest BCUT2D eigenvalue weighted by Crippen LogP contribution is -2.65. The van der Waals surface area contributed by atoms with Gasteiger partial charge in [0.05, 0.1) is 32.0 Å². The summed E-state index contributed by atoms with van der Waals surface area (Å²) in [7, 11) is 0. The number of nitrogens with zero attached hydrogens (tertiary/aromatic N) is 1. The Labute approximate surface area is 414 Å². The maximum atomic E-state index is 7.73. The van der Waals surface area contributed by atoms with Gasteiger partial charge < -0.3 is 29.4 Å². The molecule has 388 valence electrons. The highest BCUT2D eigenvalue weighted by atomic mass is 16.5. The van der Waals surface area contributed by atoms with Crippen molar-refractivity contribution in [3.8, 4) is 0 Å². The Morgan fingerprint density at radius 3 is 2.13 bits per heavy atom. The van der Waals surface area contributed by atoms with Crippen LogP contribution in [0.2, 0.25) is 0 Å². The summed E-state index contributed by atoms with van der Waals surface area (Å²) in [6, 6.07) is 0. The minimum atomic E-state index is -0.0149. The third kappa shape index (κ3) is 18.2. The van der Waals surface area contributed by atoms with Crippen LogP contribution in [0.3, 0.4) is 0 Å². The third-order valence-electron chi connectivity index (χ3n) is 18.0. The van der Waals surface area contributed by atoms with E-state index in [0.717, 1.165) is 115 Å². The van der Waals surface area contributed by atoms with E-state index in [2.05, 4.69) is 76.8 Å². The predicted molar refractivity (Wildman–Crippen MR) is 283 cm³/mol. The molecule has 0 spiro atoms. The molecule has 0 radical (unpaired) electrons. The van der Waals surface area contributed by atoms with Crippen molar-refractivity contribution >= 4 is 0 Å². The van der Waals surface area contributed by atoms with Gasteiger partial charge in [0.25, 0.3) is 0 Å². The van der Waals surface area contributed by atoms with E-state index in [-0.39, 0.29) is 17.1 Å². The number of morpholine rings is 1. The number of hydrogen-bond acceptors (Lipinski definition) is 7. The van der Waals surface area contributed by atoms with E-state index in [1.807, 2.05) is 0 Å². The summed E-state index contributed by atoms with van der Waals surface area (Å²) in [6.07, 6.45) is 46.5. The molecule has 5 aliphatic rings. The Morgan fingerprint density at radius 2 is 1.40 bits per heavy atom. The molecule has 4 fully saturated rings. The molecule has 1 heterocycles. The van der Waals surface area contributed by atoms with Crippen LogP contribution in [0.5, 0.6) is 0 Å². The molecule has 7 nitrogen and oxygen atoms in total. The monoisotopic (exact) mass is 937 g/mol. The van der Waals surface area contributed by atoms with Crippen LogP contribution in [0.1, 0.15) is 215 Å². The van der Waals surface area contributed by atoms with Gasteiger partial charge in [-0.2, -0.15) is 0 Å². The average Bonchev–Trinajstić information content (AvgIpc) is 3.61. The molecule has 1 aliphatic heterocycles. The second kappa shape index (κ2) is 31.4. The molecule has 7 heteroatoms. The summed E-state index contributed by atoms with van der Waals surface area (Å²) < 4.78 is 30.8. The highest BCUT2D eigenvalue weighted by molar-refractivity contribution is 5.29. The van der Waals surface area contributed by atoms with E-state index in [0.29, 0.717) is 30.7 Å². The summed E-state index contributed by atoms with van der Waals surface area (Å²) in [5.74, 6) is 3.73. The quantitative estimate of drug-likeness (QED) is 0.0495. The van der Waals surface area contributed by atoms with Crippen LogP contribution in [0, 0.1) is 40.4 Å². The molecule has 9 atom stereocenters. The lowest BCUT2D eigenvalue weighted by atomic mass is 9.44. The van der Waals surface area contributed by atoms with Crippen molar-refractivity contribution in [1.29, 1.82) is 0 Å². The molecule has 5 rings (SSSR count). The van der Waals surface area contributed by atoms with Crippen molar-refractivity contribution in [3.63, 3.8) is 0 Å². The zero-order chi connectivity index (χ0) is 47.6. The van der Waals surface area contributed by atoms with Gasteiger partial charge in [0.15, 0.2) is 0 Å². The average molecular weight is 938 g/mol. The highest BCUT2D eigenvalue weighted by Gasteiger charge is 2.65. The van der Waals surface area contributed by atoms with Crippen molar-refractivity contribution in [3.05, 3.63) is 36.0 Å². The second-order valence-corrected chi connectivity index (χ2v) is 23.4. The maximum Gasteiger partial charge on any atom is 0.0934 e. The van der Waals surface area contributed by atoms with E-state index >= 15 is 0 Å². The molecule has 4 aliphatic carbocycles. The zero-order valence-corrected chi connectivity index (χ0v) is 44.9. The predicted octanol–water partition coefficient (Wildman–Crippen LogP) is 14.6. The SMILES string of the molecule is CCCCC/C=C\C/C=C\CCCCCCCCCCOCC(CN1CCOCC1)OCCCOCCCO[C@H]1CC[C@@]2(C)C(=CC[C@@H]3[C@@H]2CC[C@]2(C)[C@@H]([C@H](C)CCCC(C)C)CC[C@@]32N)C1. The fourth-order valence-electron chi connectivity index (χ4n) is 13.7. The second-order valence-electron chi connectivity index (χ2n) is 23.4. The Balaban J connectivity index is 0.881. The number of unbranched alkanes of at least 4 members (excludes halogenated alkanes) is 11. The van der Waals surface area contributed by atoms with Crippen molar-refractivity contribution in [1.82, 2.24) is 4.90 Å². The number of fused-ring (bicyclic) bond motifs is 5. The molecule has 0 aromatic heterocycles. The lowest BCUT2D eigenvalue weighted by molar-refractivity contribution is -0.0789. The van der Waals surface area contributed by atoms with Crippen molar-refractivity contribution in [2.45, 2.75) is 233 Å². The van der Waals surface area contributed by atoms with E-state index in [1.54, 1.807) is 5.57 Å². The summed E-state index contributed by atoms with van der Waals surface area (Å²) in [5.41, 5.74) is 9.97. The molecule has 0 aromatic rings. The van der Waals surface area contributed by atoms with Crippen LogP contribution in [0.4, 0.5) is 0 Å². The number of rotatable bonds is 36. The molecule has 3 saturated carbocycles. The van der Waals surface area contributed by atoms with E-state index in [4.69, 9.17) is 29.4 Å². The van der Waals surface area contributed by atoms with Gasteiger partial charge in [-0.3, -0.25) is 4.90 Å². The smallest absolute Gasteiger partial charge is 0.0934 e. The summed E-state index contributed by atoms with van der Waals surface area (Å²) in [6.45, 7) is 23.8. The molecule has 0 amide bonds. The highest BCUT2D eigenvalue weighted by Crippen LogP contribution is 2.68. The standard InChI is InChI=1S/C60H108N2O5/c1-7-8-9-10-11-12-13-14-15-16-17-18-19-20-21-22-23-24-40-65-49-54(48-62-38-45-64-46-39-62)67-44-27-42-63-41-26-43-66-53-32-35-58(5)52(47-53)30-31-57-56(58)33-36-59(6)55(34-37-60(57,59)61)51(4)29-25-28-50(2)3/h11-12,14-15,30,50-51,53-57H,7-10,13,16-29,31-49,61H2,1-6H3/b12-11-,15-14-/t51-,53+,54?,55-,56+,57-,58+,59-,60-/m1/s1. The van der Waals surface area contributed by atoms with E-state index in [9.17, 15) is 0 Å². The lowest BCUT2D eigenvalue weighted by Gasteiger charge is -2.62. The Bertz CT molecular complexity index is 1390.